The maximum absolute atomic E-state index is 12.0. The number of nitrogens with zero attached hydrogens (tertiary/aromatic N) is 4. The van der Waals surface area contributed by atoms with Crippen molar-refractivity contribution in [2.24, 2.45) is 11.7 Å². The highest BCUT2D eigenvalue weighted by molar-refractivity contribution is 5.64. The first-order valence-electron chi connectivity index (χ1n) is 7.97. The molecule has 3 aromatic heterocycles. The van der Waals surface area contributed by atoms with Crippen LogP contribution in [-0.4, -0.2) is 32.6 Å². The molecular weight excluding hydrogens is 328 g/mol. The quantitative estimate of drug-likeness (QED) is 0.617. The lowest BCUT2D eigenvalue weighted by Crippen LogP contribution is -2.23. The van der Waals surface area contributed by atoms with E-state index in [1.54, 1.807) is 12.1 Å². The molecule has 0 amide bonds. The summed E-state index contributed by atoms with van der Waals surface area (Å²) in [6.45, 7) is 4.83. The van der Waals surface area contributed by atoms with Crippen molar-refractivity contribution in [3.63, 3.8) is 0 Å². The Morgan fingerprint density at radius 1 is 1.32 bits per heavy atom. The van der Waals surface area contributed by atoms with Gasteiger partial charge in [-0.15, -0.1) is 0 Å². The predicted molar refractivity (Wildman–Crippen MR) is 87.8 cm³/mol. The number of anilines is 1. The molecule has 0 fully saturated rings. The third-order valence-corrected chi connectivity index (χ3v) is 3.82. The first-order valence-corrected chi connectivity index (χ1v) is 7.97. The van der Waals surface area contributed by atoms with E-state index in [0.717, 1.165) is 6.42 Å². The van der Waals surface area contributed by atoms with E-state index in [1.165, 1.54) is 10.8 Å². The molecule has 10 nitrogen and oxygen atoms in total. The van der Waals surface area contributed by atoms with Crippen LogP contribution in [0.2, 0.25) is 0 Å². The molecule has 0 saturated carbocycles. The summed E-state index contributed by atoms with van der Waals surface area (Å²) >= 11 is 0. The van der Waals surface area contributed by atoms with Crippen LogP contribution in [0.4, 0.5) is 5.82 Å². The zero-order valence-corrected chi connectivity index (χ0v) is 14.0. The van der Waals surface area contributed by atoms with Crippen molar-refractivity contribution in [1.29, 1.82) is 0 Å². The van der Waals surface area contributed by atoms with E-state index in [9.17, 15) is 4.79 Å². The Morgan fingerprint density at radius 3 is 2.88 bits per heavy atom. The van der Waals surface area contributed by atoms with Gasteiger partial charge in [-0.1, -0.05) is 12.1 Å². The summed E-state index contributed by atoms with van der Waals surface area (Å²) in [5, 5.41) is 14.7. The van der Waals surface area contributed by atoms with Gasteiger partial charge in [-0.2, -0.15) is 0 Å². The molecule has 3 rings (SSSR count). The smallest absolute Gasteiger partial charge is 0.442 e. The Bertz CT molecular complexity index is 850. The Hall–Kier alpha value is -2.88. The summed E-state index contributed by atoms with van der Waals surface area (Å²) < 4.78 is 16.2. The first-order chi connectivity index (χ1) is 12.1. The van der Waals surface area contributed by atoms with Crippen molar-refractivity contribution in [2.75, 3.05) is 11.9 Å². The van der Waals surface area contributed by atoms with Crippen molar-refractivity contribution >= 4 is 5.82 Å². The average Bonchev–Trinajstić information content (AvgIpc) is 3.31. The first kappa shape index (κ1) is 17.0. The lowest BCUT2D eigenvalue weighted by atomic mass is 10.0. The van der Waals surface area contributed by atoms with Crippen molar-refractivity contribution in [2.45, 2.75) is 32.9 Å². The minimum absolute atomic E-state index is 0.0846. The van der Waals surface area contributed by atoms with Gasteiger partial charge in [0.25, 0.3) is 0 Å². The molecule has 0 aromatic carbocycles. The van der Waals surface area contributed by atoms with Crippen LogP contribution in [0, 0.1) is 5.92 Å². The van der Waals surface area contributed by atoms with Crippen LogP contribution in [0.1, 0.15) is 26.0 Å². The second kappa shape index (κ2) is 7.34. The van der Waals surface area contributed by atoms with E-state index in [-0.39, 0.29) is 18.4 Å². The molecule has 0 aliphatic carbocycles. The van der Waals surface area contributed by atoms with Gasteiger partial charge in [0.15, 0.2) is 5.69 Å². The van der Waals surface area contributed by atoms with Gasteiger partial charge >= 0.3 is 5.76 Å². The Balaban J connectivity index is 1.84. The van der Waals surface area contributed by atoms with E-state index in [0.29, 0.717) is 29.7 Å². The van der Waals surface area contributed by atoms with Gasteiger partial charge in [-0.3, -0.25) is 4.52 Å². The number of nitrogens with two attached hydrogens (primary N) is 1. The standard InChI is InChI=1S/C15H20N6O4/c1-9(7-16)6-10(2)17-13-12(18-25-19-13)14-20-24-15(22)21(14)8-11-4-3-5-23-11/h3-5,9-10H,6-8,16H2,1-2H3,(H,17,19). The number of aromatic nitrogens is 4. The van der Waals surface area contributed by atoms with E-state index in [2.05, 4.69) is 27.7 Å². The monoisotopic (exact) mass is 348 g/mol. The molecule has 3 heterocycles. The fourth-order valence-electron chi connectivity index (χ4n) is 2.56. The van der Waals surface area contributed by atoms with Crippen molar-refractivity contribution in [3.8, 4) is 11.5 Å². The second-order valence-corrected chi connectivity index (χ2v) is 6.02. The molecule has 3 N–H and O–H groups in total. The molecule has 10 heteroatoms. The zero-order chi connectivity index (χ0) is 17.8. The molecule has 25 heavy (non-hydrogen) atoms. The van der Waals surface area contributed by atoms with Crippen LogP contribution in [0.5, 0.6) is 0 Å². The van der Waals surface area contributed by atoms with Crippen LogP contribution in [0.3, 0.4) is 0 Å². The third-order valence-electron chi connectivity index (χ3n) is 3.82. The Kier molecular flexibility index (Phi) is 4.98. The maximum atomic E-state index is 12.0. The summed E-state index contributed by atoms with van der Waals surface area (Å²) in [6.07, 6.45) is 2.37. The lowest BCUT2D eigenvalue weighted by Gasteiger charge is -2.16. The largest absolute Gasteiger partial charge is 0.467 e. The highest BCUT2D eigenvalue weighted by atomic mass is 16.6. The maximum Gasteiger partial charge on any atom is 0.442 e. The van der Waals surface area contributed by atoms with E-state index in [4.69, 9.17) is 19.3 Å². The summed E-state index contributed by atoms with van der Waals surface area (Å²) in [4.78, 5) is 12.0. The molecule has 0 saturated heterocycles. The molecule has 0 aliphatic rings. The van der Waals surface area contributed by atoms with E-state index >= 15 is 0 Å². The Labute approximate surface area is 142 Å². The normalized spacial score (nSPS) is 13.7. The molecule has 0 spiro atoms. The van der Waals surface area contributed by atoms with Gasteiger partial charge in [0.1, 0.15) is 5.76 Å². The molecule has 3 aromatic rings. The van der Waals surface area contributed by atoms with Crippen molar-refractivity contribution < 1.29 is 13.6 Å². The van der Waals surface area contributed by atoms with Gasteiger partial charge in [-0.25, -0.2) is 14.0 Å². The average molecular weight is 348 g/mol. The molecule has 0 aliphatic heterocycles. The van der Waals surface area contributed by atoms with Crippen LogP contribution in [0.25, 0.3) is 11.5 Å². The van der Waals surface area contributed by atoms with Crippen molar-refractivity contribution in [1.82, 2.24) is 20.0 Å². The fourth-order valence-corrected chi connectivity index (χ4v) is 2.56. The van der Waals surface area contributed by atoms with Gasteiger partial charge in [0.05, 0.1) is 12.8 Å². The SMILES string of the molecule is CC(CN)CC(C)Nc1nonc1-c1noc(=O)n1Cc1ccco1. The summed E-state index contributed by atoms with van der Waals surface area (Å²) in [7, 11) is 0. The van der Waals surface area contributed by atoms with Gasteiger partial charge in [0, 0.05) is 6.04 Å². The summed E-state index contributed by atoms with van der Waals surface area (Å²) in [5.41, 5.74) is 5.95. The van der Waals surface area contributed by atoms with E-state index in [1.807, 2.05) is 6.92 Å². The minimum Gasteiger partial charge on any atom is -0.467 e. The minimum atomic E-state index is -0.620. The van der Waals surface area contributed by atoms with Crippen LogP contribution in [-0.2, 0) is 6.54 Å². The van der Waals surface area contributed by atoms with Gasteiger partial charge < -0.3 is 15.5 Å². The Morgan fingerprint density at radius 2 is 2.16 bits per heavy atom. The van der Waals surface area contributed by atoms with Gasteiger partial charge in [0.2, 0.25) is 11.6 Å². The molecule has 2 unspecified atom stereocenters. The zero-order valence-electron chi connectivity index (χ0n) is 14.0. The molecular formula is C15H20N6O4. The predicted octanol–water partition coefficient (Wildman–Crippen LogP) is 1.31. The van der Waals surface area contributed by atoms with Gasteiger partial charge in [-0.05, 0) is 48.3 Å². The summed E-state index contributed by atoms with van der Waals surface area (Å²) in [6, 6.07) is 3.57. The number of hydrogen-bond acceptors (Lipinski definition) is 9. The molecule has 0 bridgehead atoms. The molecule has 134 valence electrons. The second-order valence-electron chi connectivity index (χ2n) is 6.02. The molecule has 0 radical (unpaired) electrons. The lowest BCUT2D eigenvalue weighted by molar-refractivity contribution is 0.309. The highest BCUT2D eigenvalue weighted by Gasteiger charge is 2.23. The van der Waals surface area contributed by atoms with Crippen LogP contribution < -0.4 is 16.8 Å². The topological polar surface area (TPSA) is 138 Å². The van der Waals surface area contributed by atoms with Crippen LogP contribution >= 0.6 is 0 Å². The number of nitrogens with one attached hydrogen (secondary N) is 1. The number of furan rings is 1. The van der Waals surface area contributed by atoms with Crippen molar-refractivity contribution in [3.05, 3.63) is 34.7 Å². The van der Waals surface area contributed by atoms with Crippen LogP contribution in [0.15, 0.2) is 36.8 Å². The molecule has 2 atom stereocenters. The number of hydrogen-bond donors (Lipinski definition) is 2. The highest BCUT2D eigenvalue weighted by Crippen LogP contribution is 2.24. The fraction of sp³-hybridized carbons (Fsp3) is 0.467. The third kappa shape index (κ3) is 3.79. The number of rotatable bonds is 8. The van der Waals surface area contributed by atoms with E-state index < -0.39 is 5.76 Å². The summed E-state index contributed by atoms with van der Waals surface area (Å²) in [5.74, 6) is 0.922.